The number of carbonyl (C=O) groups excluding carboxylic acids is 1. The maximum absolute atomic E-state index is 12.9. The van der Waals surface area contributed by atoms with Crippen LogP contribution in [0.3, 0.4) is 0 Å². The smallest absolute Gasteiger partial charge is 0.237 e. The first-order chi connectivity index (χ1) is 14.3. The largest absolute Gasteiger partial charge is 0.388 e. The molecule has 30 heavy (non-hydrogen) atoms. The summed E-state index contributed by atoms with van der Waals surface area (Å²) in [4.78, 5) is 12.9. The first-order valence-corrected chi connectivity index (χ1v) is 12.9. The molecular weight excluding hydrogens is 428 g/mol. The van der Waals surface area contributed by atoms with Gasteiger partial charge in [0.1, 0.15) is 29.9 Å². The van der Waals surface area contributed by atoms with E-state index in [-0.39, 0.29) is 11.9 Å². The Bertz CT molecular complexity index is 528. The number of aliphatic hydroxyl groups excluding tert-OH is 3. The predicted octanol–water partition coefficient (Wildman–Crippen LogP) is 1.61. The summed E-state index contributed by atoms with van der Waals surface area (Å²) in [5, 5.41) is 36.4. The van der Waals surface area contributed by atoms with Crippen LogP contribution in [0, 0.1) is 5.92 Å². The second-order valence-electron chi connectivity index (χ2n) is 8.65. The van der Waals surface area contributed by atoms with Crippen LogP contribution in [0.5, 0.6) is 0 Å². The number of hydrogen-bond acceptors (Lipinski definition) is 7. The Kier molecular flexibility index (Phi) is 11.2. The molecule has 3 unspecified atom stereocenters. The summed E-state index contributed by atoms with van der Waals surface area (Å²) in [5.74, 6) is 0.321. The Morgan fingerprint density at radius 1 is 1.20 bits per heavy atom. The average Bonchev–Trinajstić information content (AvgIpc) is 3.19. The average molecular weight is 467 g/mol. The lowest BCUT2D eigenvalue weighted by molar-refractivity contribution is -0.205. The molecule has 9 heteroatoms. The highest BCUT2D eigenvalue weighted by molar-refractivity contribution is 7.99. The van der Waals surface area contributed by atoms with Crippen LogP contribution in [-0.4, -0.2) is 81.3 Å². The van der Waals surface area contributed by atoms with Gasteiger partial charge in [0, 0.05) is 0 Å². The van der Waals surface area contributed by atoms with Gasteiger partial charge in [-0.15, -0.1) is 23.4 Å². The van der Waals surface area contributed by atoms with Crippen molar-refractivity contribution in [1.29, 1.82) is 0 Å². The first kappa shape index (κ1) is 26.2. The highest BCUT2D eigenvalue weighted by Crippen LogP contribution is 2.30. The third kappa shape index (κ3) is 6.95. The van der Waals surface area contributed by atoms with Crippen LogP contribution in [0.1, 0.15) is 58.8 Å². The van der Waals surface area contributed by atoms with E-state index in [9.17, 15) is 20.1 Å². The van der Waals surface area contributed by atoms with Crippen molar-refractivity contribution in [3.63, 3.8) is 0 Å². The van der Waals surface area contributed by atoms with Crippen molar-refractivity contribution in [2.45, 2.75) is 106 Å². The lowest BCUT2D eigenvalue weighted by Crippen LogP contribution is -2.65. The molecule has 0 aromatic rings. The Hall–Kier alpha value is -0.0900. The Morgan fingerprint density at radius 3 is 2.53 bits per heavy atom. The van der Waals surface area contributed by atoms with Gasteiger partial charge < -0.3 is 30.7 Å². The maximum Gasteiger partial charge on any atom is 0.237 e. The zero-order valence-electron chi connectivity index (χ0n) is 18.3. The van der Waals surface area contributed by atoms with Crippen molar-refractivity contribution in [1.82, 2.24) is 10.6 Å². The van der Waals surface area contributed by atoms with E-state index in [2.05, 4.69) is 17.6 Å². The summed E-state index contributed by atoms with van der Waals surface area (Å²) >= 11 is 7.57. The molecule has 176 valence electrons. The lowest BCUT2D eigenvalue weighted by Gasteiger charge is -2.44. The van der Waals surface area contributed by atoms with Crippen LogP contribution in [0.15, 0.2) is 0 Å². The number of hydrogen-bond donors (Lipinski definition) is 5. The summed E-state index contributed by atoms with van der Waals surface area (Å²) in [6.45, 7) is 4.75. The number of aliphatic hydroxyl groups is 3. The molecule has 0 radical (unpaired) electrons. The van der Waals surface area contributed by atoms with Crippen molar-refractivity contribution in [3.8, 4) is 0 Å². The van der Waals surface area contributed by atoms with Crippen LogP contribution in [0.2, 0.25) is 0 Å². The van der Waals surface area contributed by atoms with Crippen molar-refractivity contribution in [2.75, 3.05) is 12.8 Å². The quantitative estimate of drug-likeness (QED) is 0.232. The summed E-state index contributed by atoms with van der Waals surface area (Å²) in [6.07, 6.45) is 5.07. The Labute approximate surface area is 189 Å². The third-order valence-electron chi connectivity index (χ3n) is 6.25. The van der Waals surface area contributed by atoms with E-state index in [4.69, 9.17) is 16.3 Å². The fraction of sp³-hybridized carbons (Fsp3) is 0.952. The predicted molar refractivity (Wildman–Crippen MR) is 121 cm³/mol. The van der Waals surface area contributed by atoms with E-state index in [0.717, 1.165) is 19.4 Å². The molecule has 0 saturated carbocycles. The fourth-order valence-corrected chi connectivity index (χ4v) is 5.24. The van der Waals surface area contributed by atoms with Gasteiger partial charge in [-0.25, -0.2) is 0 Å². The summed E-state index contributed by atoms with van der Waals surface area (Å²) in [7, 11) is 0. The minimum atomic E-state index is -1.36. The topological polar surface area (TPSA) is 111 Å². The molecule has 0 bridgehead atoms. The van der Waals surface area contributed by atoms with E-state index in [1.807, 2.05) is 0 Å². The molecule has 2 saturated heterocycles. The number of alkyl halides is 1. The highest BCUT2D eigenvalue weighted by atomic mass is 35.5. The number of unbranched alkanes of at least 4 members (excludes halogenated alkanes) is 4. The van der Waals surface area contributed by atoms with Crippen LogP contribution in [-0.2, 0) is 9.53 Å². The van der Waals surface area contributed by atoms with Crippen molar-refractivity contribution in [3.05, 3.63) is 0 Å². The number of halogens is 1. The number of ether oxygens (including phenoxy) is 1. The summed E-state index contributed by atoms with van der Waals surface area (Å²) in [6, 6.07) is -0.989. The van der Waals surface area contributed by atoms with E-state index in [1.54, 1.807) is 13.2 Å². The molecule has 5 N–H and O–H groups in total. The molecule has 0 aliphatic carbocycles. The van der Waals surface area contributed by atoms with Gasteiger partial charge in [-0.1, -0.05) is 39.0 Å². The molecule has 2 aliphatic rings. The fourth-order valence-electron chi connectivity index (χ4n) is 4.35. The number of amides is 1. The number of thioether (sulfide) groups is 1. The SMILES string of the molecule is CCCCCCC[C@H]1CN[C@H](C(=O)NC(C(C)Cl)C2O[C@H](SC)[C@H](O)[C@@H](O)[C@H]2O)C1. The monoisotopic (exact) mass is 466 g/mol. The number of rotatable bonds is 11. The molecule has 0 aromatic heterocycles. The van der Waals surface area contributed by atoms with E-state index < -0.39 is 41.3 Å². The number of nitrogens with one attached hydrogen (secondary N) is 2. The maximum atomic E-state index is 12.9. The summed E-state index contributed by atoms with van der Waals surface area (Å²) in [5.41, 5.74) is -0.704. The molecule has 2 rings (SSSR count). The molecule has 0 aromatic carbocycles. The van der Waals surface area contributed by atoms with E-state index in [1.165, 1.54) is 43.9 Å². The van der Waals surface area contributed by atoms with Crippen molar-refractivity contribution >= 4 is 29.3 Å². The molecule has 1 amide bonds. The summed E-state index contributed by atoms with van der Waals surface area (Å²) < 4.78 is 5.81. The number of carbonyl (C=O) groups is 1. The zero-order chi connectivity index (χ0) is 22.3. The second kappa shape index (κ2) is 12.8. The Morgan fingerprint density at radius 2 is 1.90 bits per heavy atom. The molecule has 7 nitrogen and oxygen atoms in total. The van der Waals surface area contributed by atoms with Gasteiger partial charge in [-0.05, 0) is 38.5 Å². The van der Waals surface area contributed by atoms with Gasteiger partial charge in [0.25, 0.3) is 0 Å². The van der Waals surface area contributed by atoms with Crippen LogP contribution in [0.4, 0.5) is 0 Å². The van der Waals surface area contributed by atoms with Gasteiger partial charge in [0.2, 0.25) is 5.91 Å². The van der Waals surface area contributed by atoms with Gasteiger partial charge in [0.15, 0.2) is 0 Å². The molecular formula is C21H39ClN2O5S. The van der Waals surface area contributed by atoms with Crippen LogP contribution >= 0.6 is 23.4 Å². The first-order valence-electron chi connectivity index (χ1n) is 11.2. The van der Waals surface area contributed by atoms with Crippen LogP contribution < -0.4 is 10.6 Å². The van der Waals surface area contributed by atoms with Gasteiger partial charge >= 0.3 is 0 Å². The lowest BCUT2D eigenvalue weighted by atomic mass is 9.92. The van der Waals surface area contributed by atoms with Crippen molar-refractivity contribution in [2.24, 2.45) is 5.92 Å². The van der Waals surface area contributed by atoms with Gasteiger partial charge in [-0.3, -0.25) is 4.79 Å². The highest BCUT2D eigenvalue weighted by Gasteiger charge is 2.48. The Balaban J connectivity index is 1.90. The molecule has 2 heterocycles. The van der Waals surface area contributed by atoms with Gasteiger partial charge in [-0.2, -0.15) is 0 Å². The van der Waals surface area contributed by atoms with E-state index >= 15 is 0 Å². The molecule has 2 fully saturated rings. The minimum absolute atomic E-state index is 0.168. The molecule has 0 spiro atoms. The van der Waals surface area contributed by atoms with Crippen molar-refractivity contribution < 1.29 is 24.9 Å². The van der Waals surface area contributed by atoms with Crippen LogP contribution in [0.25, 0.3) is 0 Å². The minimum Gasteiger partial charge on any atom is -0.388 e. The third-order valence-corrected chi connectivity index (χ3v) is 7.38. The van der Waals surface area contributed by atoms with E-state index in [0.29, 0.717) is 5.92 Å². The molecule has 9 atom stereocenters. The standard InChI is InChI=1S/C21H39ClN2O5S/c1-4-5-6-7-8-9-13-10-14(23-11-13)20(28)24-15(12(2)22)19-17(26)16(25)18(27)21(29-19)30-3/h12-19,21,23,25-27H,4-11H2,1-3H3,(H,24,28)/t12?,13-,14+,15?,16+,17-,18-,19?,21-/m1/s1. The molecule has 2 aliphatic heterocycles. The normalized spacial score (nSPS) is 36.4. The zero-order valence-corrected chi connectivity index (χ0v) is 19.9. The van der Waals surface area contributed by atoms with Gasteiger partial charge in [0.05, 0.1) is 17.5 Å². The second-order valence-corrected chi connectivity index (χ2v) is 10.3.